The third-order valence-electron chi connectivity index (χ3n) is 3.36. The van der Waals surface area contributed by atoms with Gasteiger partial charge in [0.25, 0.3) is 0 Å². The van der Waals surface area contributed by atoms with Crippen molar-refractivity contribution in [1.82, 2.24) is 0 Å². The second-order valence-corrected chi connectivity index (χ2v) is 4.95. The lowest BCUT2D eigenvalue weighted by atomic mass is 10.1. The van der Waals surface area contributed by atoms with Crippen LogP contribution >= 0.6 is 0 Å². The summed E-state index contributed by atoms with van der Waals surface area (Å²) >= 11 is 0. The Bertz CT molecular complexity index is 625. The Balaban J connectivity index is 1.94. The Morgan fingerprint density at radius 1 is 1.18 bits per heavy atom. The number of anilines is 1. The van der Waals surface area contributed by atoms with E-state index in [4.69, 9.17) is 4.74 Å². The maximum atomic E-state index is 12.8. The van der Waals surface area contributed by atoms with Gasteiger partial charge in [-0.1, -0.05) is 12.1 Å². The van der Waals surface area contributed by atoms with E-state index in [1.807, 2.05) is 0 Å². The first-order valence-electron chi connectivity index (χ1n) is 6.88. The van der Waals surface area contributed by atoms with Gasteiger partial charge in [-0.15, -0.1) is 0 Å². The molecule has 4 nitrogen and oxygen atoms in total. The molecule has 2 aromatic rings. The molecule has 0 aliphatic rings. The van der Waals surface area contributed by atoms with Crippen molar-refractivity contribution in [2.24, 2.45) is 0 Å². The van der Waals surface area contributed by atoms with E-state index >= 15 is 0 Å². The highest BCUT2D eigenvalue weighted by Gasteiger charge is 2.09. The summed E-state index contributed by atoms with van der Waals surface area (Å²) in [4.78, 5) is 12.8. The molecule has 116 valence electrons. The van der Waals surface area contributed by atoms with Crippen LogP contribution in [0.15, 0.2) is 48.5 Å². The molecule has 1 amide bonds. The smallest absolute Gasteiger partial charge is 0.223 e. The van der Waals surface area contributed by atoms with Crippen LogP contribution in [0.3, 0.4) is 0 Å². The first-order chi connectivity index (χ1) is 10.5. The Morgan fingerprint density at radius 2 is 1.77 bits per heavy atom. The number of ether oxygens (including phenoxy) is 1. The third-order valence-corrected chi connectivity index (χ3v) is 3.36. The maximum Gasteiger partial charge on any atom is 0.223 e. The van der Waals surface area contributed by atoms with Gasteiger partial charge in [-0.05, 0) is 42.0 Å². The van der Waals surface area contributed by atoms with Crippen LogP contribution in [0.1, 0.15) is 18.6 Å². The third kappa shape index (κ3) is 4.05. The fraction of sp³-hybridized carbons (Fsp3) is 0.235. The van der Waals surface area contributed by atoms with Gasteiger partial charge in [0.1, 0.15) is 24.3 Å². The SMILES string of the molecule is CC(=O)N(C)c1ccc(OCC(O)c2ccc(F)cc2)cc1. The molecule has 1 atom stereocenters. The molecule has 0 aromatic heterocycles. The summed E-state index contributed by atoms with van der Waals surface area (Å²) in [5.41, 5.74) is 1.35. The Labute approximate surface area is 128 Å². The van der Waals surface area contributed by atoms with Gasteiger partial charge >= 0.3 is 0 Å². The first-order valence-corrected chi connectivity index (χ1v) is 6.88. The Kier molecular flexibility index (Phi) is 5.12. The van der Waals surface area contributed by atoms with Crippen molar-refractivity contribution >= 4 is 11.6 Å². The predicted octanol–water partition coefficient (Wildman–Crippen LogP) is 2.92. The lowest BCUT2D eigenvalue weighted by Gasteiger charge is -2.16. The molecule has 2 aromatic carbocycles. The lowest BCUT2D eigenvalue weighted by Crippen LogP contribution is -2.22. The van der Waals surface area contributed by atoms with E-state index in [0.29, 0.717) is 11.3 Å². The van der Waals surface area contributed by atoms with Gasteiger partial charge in [0.15, 0.2) is 0 Å². The number of halogens is 1. The van der Waals surface area contributed by atoms with Crippen LogP contribution in [0.25, 0.3) is 0 Å². The molecule has 0 aliphatic heterocycles. The van der Waals surface area contributed by atoms with Crippen molar-refractivity contribution in [3.63, 3.8) is 0 Å². The standard InChI is InChI=1S/C17H18FNO3/c1-12(20)19(2)15-7-9-16(10-8-15)22-11-17(21)13-3-5-14(18)6-4-13/h3-10,17,21H,11H2,1-2H3. The Hall–Kier alpha value is -2.40. The molecule has 1 N–H and O–H groups in total. The van der Waals surface area contributed by atoms with Crippen LogP contribution in [-0.4, -0.2) is 24.7 Å². The largest absolute Gasteiger partial charge is 0.491 e. The zero-order chi connectivity index (χ0) is 16.1. The summed E-state index contributed by atoms with van der Waals surface area (Å²) in [6.07, 6.45) is -0.833. The molecular formula is C17H18FNO3. The summed E-state index contributed by atoms with van der Waals surface area (Å²) in [5, 5.41) is 9.99. The highest BCUT2D eigenvalue weighted by Crippen LogP contribution is 2.20. The van der Waals surface area contributed by atoms with Gasteiger partial charge in [0.2, 0.25) is 5.91 Å². The minimum atomic E-state index is -0.833. The van der Waals surface area contributed by atoms with Gasteiger partial charge in [-0.25, -0.2) is 4.39 Å². The zero-order valence-electron chi connectivity index (χ0n) is 12.5. The number of rotatable bonds is 5. The summed E-state index contributed by atoms with van der Waals surface area (Å²) in [7, 11) is 1.69. The summed E-state index contributed by atoms with van der Waals surface area (Å²) in [5.74, 6) is 0.185. The molecule has 0 saturated heterocycles. The molecule has 1 unspecified atom stereocenters. The van der Waals surface area contributed by atoms with Crippen LogP contribution in [0.4, 0.5) is 10.1 Å². The van der Waals surface area contributed by atoms with Crippen molar-refractivity contribution in [3.05, 3.63) is 59.9 Å². The van der Waals surface area contributed by atoms with Crippen LogP contribution in [-0.2, 0) is 4.79 Å². The second-order valence-electron chi connectivity index (χ2n) is 4.95. The van der Waals surface area contributed by atoms with Crippen LogP contribution < -0.4 is 9.64 Å². The number of benzene rings is 2. The monoisotopic (exact) mass is 303 g/mol. The lowest BCUT2D eigenvalue weighted by molar-refractivity contribution is -0.116. The fourth-order valence-electron chi connectivity index (χ4n) is 1.90. The zero-order valence-corrected chi connectivity index (χ0v) is 12.5. The normalized spacial score (nSPS) is 11.8. The summed E-state index contributed by atoms with van der Waals surface area (Å²) in [6.45, 7) is 1.55. The van der Waals surface area contributed by atoms with E-state index < -0.39 is 6.10 Å². The molecule has 0 saturated carbocycles. The molecular weight excluding hydrogens is 285 g/mol. The molecule has 0 spiro atoms. The predicted molar refractivity (Wildman–Crippen MR) is 82.4 cm³/mol. The van der Waals surface area contributed by atoms with Crippen molar-refractivity contribution in [2.45, 2.75) is 13.0 Å². The highest BCUT2D eigenvalue weighted by atomic mass is 19.1. The number of aliphatic hydroxyl groups is 1. The number of nitrogens with zero attached hydrogens (tertiary/aromatic N) is 1. The van der Waals surface area contributed by atoms with E-state index in [1.165, 1.54) is 36.1 Å². The Morgan fingerprint density at radius 3 is 2.32 bits per heavy atom. The van der Waals surface area contributed by atoms with Gasteiger partial charge in [0.05, 0.1) is 0 Å². The van der Waals surface area contributed by atoms with Gasteiger partial charge in [0, 0.05) is 19.7 Å². The first kappa shape index (κ1) is 16.0. The quantitative estimate of drug-likeness (QED) is 0.924. The number of aliphatic hydroxyl groups excluding tert-OH is 1. The van der Waals surface area contributed by atoms with Crippen molar-refractivity contribution in [1.29, 1.82) is 0 Å². The number of hydrogen-bond acceptors (Lipinski definition) is 3. The van der Waals surface area contributed by atoms with Gasteiger partial charge in [-0.3, -0.25) is 4.79 Å². The topological polar surface area (TPSA) is 49.8 Å². The average Bonchev–Trinajstić information content (AvgIpc) is 2.53. The van der Waals surface area contributed by atoms with Crippen LogP contribution in [0, 0.1) is 5.82 Å². The average molecular weight is 303 g/mol. The van der Waals surface area contributed by atoms with E-state index in [0.717, 1.165) is 5.69 Å². The van der Waals surface area contributed by atoms with E-state index in [1.54, 1.807) is 31.3 Å². The minimum Gasteiger partial charge on any atom is -0.491 e. The van der Waals surface area contributed by atoms with Crippen molar-refractivity contribution in [2.75, 3.05) is 18.6 Å². The fourth-order valence-corrected chi connectivity index (χ4v) is 1.90. The molecule has 22 heavy (non-hydrogen) atoms. The molecule has 5 heteroatoms. The molecule has 2 rings (SSSR count). The second kappa shape index (κ2) is 7.04. The molecule has 0 aliphatic carbocycles. The maximum absolute atomic E-state index is 12.8. The molecule has 0 bridgehead atoms. The van der Waals surface area contributed by atoms with Gasteiger partial charge in [-0.2, -0.15) is 0 Å². The molecule has 0 fully saturated rings. The number of hydrogen-bond donors (Lipinski definition) is 1. The molecule has 0 radical (unpaired) electrons. The minimum absolute atomic E-state index is 0.0552. The molecule has 0 heterocycles. The van der Waals surface area contributed by atoms with E-state index in [9.17, 15) is 14.3 Å². The van der Waals surface area contributed by atoms with Gasteiger partial charge < -0.3 is 14.7 Å². The summed E-state index contributed by atoms with van der Waals surface area (Å²) in [6, 6.07) is 12.6. The van der Waals surface area contributed by atoms with Crippen molar-refractivity contribution < 1.29 is 19.0 Å². The van der Waals surface area contributed by atoms with Crippen LogP contribution in [0.5, 0.6) is 5.75 Å². The number of amides is 1. The van der Waals surface area contributed by atoms with E-state index in [-0.39, 0.29) is 18.3 Å². The number of carbonyl (C=O) groups is 1. The van der Waals surface area contributed by atoms with E-state index in [2.05, 4.69) is 0 Å². The van der Waals surface area contributed by atoms with Crippen molar-refractivity contribution in [3.8, 4) is 5.75 Å². The summed E-state index contributed by atoms with van der Waals surface area (Å²) < 4.78 is 18.3. The highest BCUT2D eigenvalue weighted by molar-refractivity contribution is 5.90. The number of carbonyl (C=O) groups excluding carboxylic acids is 1. The van der Waals surface area contributed by atoms with Crippen LogP contribution in [0.2, 0.25) is 0 Å².